The van der Waals surface area contributed by atoms with Gasteiger partial charge in [-0.3, -0.25) is 14.0 Å². The van der Waals surface area contributed by atoms with Gasteiger partial charge in [-0.25, -0.2) is 4.79 Å². The maximum absolute atomic E-state index is 13.2. The van der Waals surface area contributed by atoms with Crippen molar-refractivity contribution in [1.29, 1.82) is 0 Å². The number of esters is 1. The Morgan fingerprint density at radius 3 is 2.48 bits per heavy atom. The number of ether oxygens (including phenoxy) is 3. The van der Waals surface area contributed by atoms with E-state index in [1.165, 1.54) is 43.0 Å². The molecule has 2 N–H and O–H groups in total. The second-order valence-electron chi connectivity index (χ2n) is 6.49. The summed E-state index contributed by atoms with van der Waals surface area (Å²) in [6.45, 7) is 0. The van der Waals surface area contributed by atoms with Crippen molar-refractivity contribution in [2.45, 2.75) is 12.3 Å². The molecule has 1 atom stereocenters. The Kier molecular flexibility index (Phi) is 6.10. The van der Waals surface area contributed by atoms with Crippen molar-refractivity contribution in [1.82, 2.24) is 9.38 Å². The van der Waals surface area contributed by atoms with Gasteiger partial charge in [0.2, 0.25) is 5.88 Å². The van der Waals surface area contributed by atoms with E-state index in [4.69, 9.17) is 14.2 Å². The van der Waals surface area contributed by atoms with Gasteiger partial charge >= 0.3 is 11.9 Å². The molecule has 2 heterocycles. The number of aromatic nitrogens is 2. The third-order valence-corrected chi connectivity index (χ3v) is 4.86. The molecule has 0 radical (unpaired) electrons. The molecule has 3 rings (SSSR count). The zero-order chi connectivity index (χ0) is 22.7. The Morgan fingerprint density at radius 2 is 1.87 bits per heavy atom. The molecule has 0 aliphatic heterocycles. The first-order chi connectivity index (χ1) is 14.8. The number of rotatable bonds is 7. The molecule has 31 heavy (non-hydrogen) atoms. The third kappa shape index (κ3) is 3.87. The molecule has 0 fully saturated rings. The van der Waals surface area contributed by atoms with Gasteiger partial charge in [0.15, 0.2) is 11.5 Å². The normalized spacial score (nSPS) is 11.7. The van der Waals surface area contributed by atoms with Crippen LogP contribution in [0.5, 0.6) is 17.4 Å². The van der Waals surface area contributed by atoms with Gasteiger partial charge in [0.25, 0.3) is 5.56 Å². The summed E-state index contributed by atoms with van der Waals surface area (Å²) >= 11 is 0. The molecule has 0 bridgehead atoms. The van der Waals surface area contributed by atoms with E-state index < -0.39 is 35.7 Å². The van der Waals surface area contributed by atoms with Gasteiger partial charge in [-0.05, 0) is 23.8 Å². The van der Waals surface area contributed by atoms with Crippen LogP contribution in [0.1, 0.15) is 33.8 Å². The average molecular weight is 428 g/mol. The summed E-state index contributed by atoms with van der Waals surface area (Å²) in [4.78, 5) is 41.5. The molecule has 0 aliphatic rings. The van der Waals surface area contributed by atoms with E-state index in [-0.39, 0.29) is 33.8 Å². The van der Waals surface area contributed by atoms with E-state index >= 15 is 0 Å². The van der Waals surface area contributed by atoms with Crippen molar-refractivity contribution in [2.24, 2.45) is 0 Å². The van der Waals surface area contributed by atoms with Crippen molar-refractivity contribution in [3.8, 4) is 17.4 Å². The highest BCUT2D eigenvalue weighted by atomic mass is 16.5. The van der Waals surface area contributed by atoms with Crippen molar-refractivity contribution in [2.75, 3.05) is 21.3 Å². The van der Waals surface area contributed by atoms with Gasteiger partial charge in [0.1, 0.15) is 11.2 Å². The second kappa shape index (κ2) is 8.74. The Labute approximate surface area is 176 Å². The Morgan fingerprint density at radius 1 is 1.13 bits per heavy atom. The van der Waals surface area contributed by atoms with E-state index in [0.717, 1.165) is 7.11 Å². The number of aromatic hydroxyl groups is 1. The van der Waals surface area contributed by atoms with E-state index in [2.05, 4.69) is 4.98 Å². The number of carboxylic acids is 1. The number of hydrogen-bond acceptors (Lipinski definition) is 8. The second-order valence-corrected chi connectivity index (χ2v) is 6.49. The molecule has 0 aliphatic carbocycles. The highest BCUT2D eigenvalue weighted by Crippen LogP contribution is 2.40. The first kappa shape index (κ1) is 21.6. The molecular weight excluding hydrogens is 408 g/mol. The molecule has 10 nitrogen and oxygen atoms in total. The number of fused-ring (bicyclic) bond motifs is 1. The SMILES string of the molecule is COC(=O)C[C@@H](c1ccc(OC)c(OC)c1C(=O)O)c1c(O)nc2ccccn2c1=O. The molecule has 0 amide bonds. The van der Waals surface area contributed by atoms with E-state index in [1.54, 1.807) is 12.1 Å². The fraction of sp³-hybridized carbons (Fsp3) is 0.238. The van der Waals surface area contributed by atoms with Crippen LogP contribution in [0.15, 0.2) is 41.3 Å². The summed E-state index contributed by atoms with van der Waals surface area (Å²) in [6, 6.07) is 7.62. The summed E-state index contributed by atoms with van der Waals surface area (Å²) in [7, 11) is 3.78. The van der Waals surface area contributed by atoms with Crippen LogP contribution < -0.4 is 15.0 Å². The van der Waals surface area contributed by atoms with Gasteiger partial charge < -0.3 is 24.4 Å². The van der Waals surface area contributed by atoms with Gasteiger partial charge in [-0.2, -0.15) is 4.98 Å². The molecule has 2 aromatic heterocycles. The van der Waals surface area contributed by atoms with Crippen molar-refractivity contribution >= 4 is 17.6 Å². The number of carboxylic acid groups (broad SMARTS) is 1. The Balaban J connectivity index is 2.38. The highest BCUT2D eigenvalue weighted by molar-refractivity contribution is 5.94. The molecule has 1 aromatic carbocycles. The van der Waals surface area contributed by atoms with E-state index in [9.17, 15) is 24.6 Å². The van der Waals surface area contributed by atoms with Gasteiger partial charge in [0, 0.05) is 12.1 Å². The van der Waals surface area contributed by atoms with E-state index in [1.807, 2.05) is 0 Å². The predicted octanol–water partition coefficient (Wildman–Crippen LogP) is 1.81. The summed E-state index contributed by atoms with van der Waals surface area (Å²) in [5.74, 6) is -3.82. The minimum atomic E-state index is -1.37. The van der Waals surface area contributed by atoms with Crippen LogP contribution in [0.25, 0.3) is 5.65 Å². The lowest BCUT2D eigenvalue weighted by Gasteiger charge is -2.21. The Bertz CT molecular complexity index is 1220. The fourth-order valence-corrected chi connectivity index (χ4v) is 3.47. The Hall–Kier alpha value is -4.08. The summed E-state index contributed by atoms with van der Waals surface area (Å²) in [5.41, 5.74) is -0.961. The predicted molar refractivity (Wildman–Crippen MR) is 108 cm³/mol. The fourth-order valence-electron chi connectivity index (χ4n) is 3.47. The molecule has 162 valence electrons. The molecule has 3 aromatic rings. The molecule has 0 unspecified atom stereocenters. The largest absolute Gasteiger partial charge is 0.493 e. The van der Waals surface area contributed by atoms with Crippen molar-refractivity contribution < 1.29 is 34.0 Å². The van der Waals surface area contributed by atoms with Crippen LogP contribution in [0.3, 0.4) is 0 Å². The standard InChI is InChI=1S/C21H20N2O8/c1-29-13-8-7-11(16(21(27)28)18(13)31-3)12(10-15(24)30-2)17-19(25)22-14-6-4-5-9-23(14)20(17)26/h4-9,12,25H,10H2,1-3H3,(H,27,28)/t12-/m0/s1. The monoisotopic (exact) mass is 428 g/mol. The topological polar surface area (TPSA) is 137 Å². The number of methoxy groups -OCH3 is 3. The summed E-state index contributed by atoms with van der Waals surface area (Å²) < 4.78 is 16.3. The minimum absolute atomic E-state index is 0.0561. The molecule has 10 heteroatoms. The lowest BCUT2D eigenvalue weighted by Crippen LogP contribution is -2.25. The van der Waals surface area contributed by atoms with Gasteiger partial charge in [0.05, 0.1) is 33.3 Å². The number of aromatic carboxylic acids is 1. The number of carbonyl (C=O) groups excluding carboxylic acids is 1. The number of hydrogen-bond donors (Lipinski definition) is 2. The molecule has 0 saturated carbocycles. The quantitative estimate of drug-likeness (QED) is 0.540. The van der Waals surface area contributed by atoms with Gasteiger partial charge in [-0.15, -0.1) is 0 Å². The van der Waals surface area contributed by atoms with Gasteiger partial charge in [-0.1, -0.05) is 12.1 Å². The molecule has 0 saturated heterocycles. The number of benzene rings is 1. The van der Waals surface area contributed by atoms with E-state index in [0.29, 0.717) is 0 Å². The lowest BCUT2D eigenvalue weighted by atomic mass is 9.85. The lowest BCUT2D eigenvalue weighted by molar-refractivity contribution is -0.140. The first-order valence-electron chi connectivity index (χ1n) is 9.09. The van der Waals surface area contributed by atoms with Crippen LogP contribution in [0.4, 0.5) is 0 Å². The zero-order valence-corrected chi connectivity index (χ0v) is 17.0. The van der Waals surface area contributed by atoms with Crippen LogP contribution in [-0.4, -0.2) is 52.9 Å². The van der Waals surface area contributed by atoms with Crippen LogP contribution in [-0.2, 0) is 9.53 Å². The first-order valence-corrected chi connectivity index (χ1v) is 9.09. The molecule has 0 spiro atoms. The average Bonchev–Trinajstić information content (AvgIpc) is 2.76. The smallest absolute Gasteiger partial charge is 0.339 e. The number of nitrogens with zero attached hydrogens (tertiary/aromatic N) is 2. The maximum Gasteiger partial charge on any atom is 0.339 e. The summed E-state index contributed by atoms with van der Waals surface area (Å²) in [5, 5.41) is 20.5. The maximum atomic E-state index is 13.2. The van der Waals surface area contributed by atoms with Crippen molar-refractivity contribution in [3.63, 3.8) is 0 Å². The highest BCUT2D eigenvalue weighted by Gasteiger charge is 2.32. The van der Waals surface area contributed by atoms with Crippen LogP contribution in [0.2, 0.25) is 0 Å². The zero-order valence-electron chi connectivity index (χ0n) is 17.0. The minimum Gasteiger partial charge on any atom is -0.493 e. The third-order valence-electron chi connectivity index (χ3n) is 4.86. The van der Waals surface area contributed by atoms with Crippen LogP contribution >= 0.6 is 0 Å². The number of carbonyl (C=O) groups is 2. The van der Waals surface area contributed by atoms with Crippen LogP contribution in [0, 0.1) is 0 Å². The van der Waals surface area contributed by atoms with Crippen molar-refractivity contribution in [3.05, 3.63) is 63.6 Å². The summed E-state index contributed by atoms with van der Waals surface area (Å²) in [6.07, 6.45) is 1.03. The molecular formula is C21H20N2O8. The number of pyridine rings is 1.